The molecule has 0 aromatic heterocycles. The summed E-state index contributed by atoms with van der Waals surface area (Å²) in [6.45, 7) is 0.530. The molecular formula is C21H30N2O4. The SMILES string of the molecule is O=C(NCC1CCCCCC1)c1cccc2c1CCN(C(CO)CO)C2=O. The zero-order valence-corrected chi connectivity index (χ0v) is 15.8. The molecule has 0 atom stereocenters. The molecule has 0 bridgehead atoms. The van der Waals surface area contributed by atoms with E-state index in [1.165, 1.54) is 43.4 Å². The third-order valence-electron chi connectivity index (χ3n) is 5.90. The van der Waals surface area contributed by atoms with Crippen LogP contribution in [-0.2, 0) is 6.42 Å². The number of carbonyl (C=O) groups excluding carboxylic acids is 2. The van der Waals surface area contributed by atoms with E-state index in [4.69, 9.17) is 0 Å². The number of nitrogens with zero attached hydrogens (tertiary/aromatic N) is 1. The molecule has 1 saturated carbocycles. The minimum Gasteiger partial charge on any atom is -0.394 e. The number of benzene rings is 1. The summed E-state index contributed by atoms with van der Waals surface area (Å²) in [6, 6.07) is 4.63. The van der Waals surface area contributed by atoms with Gasteiger partial charge in [-0.05, 0) is 42.9 Å². The monoisotopic (exact) mass is 374 g/mol. The van der Waals surface area contributed by atoms with Crippen molar-refractivity contribution in [1.29, 1.82) is 0 Å². The Bertz CT molecular complexity index is 664. The molecule has 1 aromatic carbocycles. The predicted molar refractivity (Wildman–Crippen MR) is 103 cm³/mol. The number of hydrogen-bond donors (Lipinski definition) is 3. The molecular weight excluding hydrogens is 344 g/mol. The number of aliphatic hydroxyl groups excluding tert-OH is 2. The van der Waals surface area contributed by atoms with Crippen molar-refractivity contribution in [2.45, 2.75) is 51.0 Å². The zero-order chi connectivity index (χ0) is 19.2. The average molecular weight is 374 g/mol. The summed E-state index contributed by atoms with van der Waals surface area (Å²) in [7, 11) is 0. The van der Waals surface area contributed by atoms with E-state index in [0.29, 0.717) is 36.6 Å². The van der Waals surface area contributed by atoms with Gasteiger partial charge in [-0.25, -0.2) is 0 Å². The first-order valence-electron chi connectivity index (χ1n) is 10.1. The highest BCUT2D eigenvalue weighted by Gasteiger charge is 2.31. The van der Waals surface area contributed by atoms with Gasteiger partial charge in [-0.3, -0.25) is 9.59 Å². The van der Waals surface area contributed by atoms with Crippen LogP contribution >= 0.6 is 0 Å². The molecule has 0 radical (unpaired) electrons. The smallest absolute Gasteiger partial charge is 0.254 e. The summed E-state index contributed by atoms with van der Waals surface area (Å²) < 4.78 is 0. The van der Waals surface area contributed by atoms with Crippen LogP contribution in [-0.4, -0.2) is 59.3 Å². The van der Waals surface area contributed by atoms with Gasteiger partial charge in [0.25, 0.3) is 11.8 Å². The molecule has 148 valence electrons. The number of hydrogen-bond acceptors (Lipinski definition) is 4. The van der Waals surface area contributed by atoms with Crippen LogP contribution in [0.2, 0.25) is 0 Å². The van der Waals surface area contributed by atoms with Gasteiger partial charge in [0.2, 0.25) is 0 Å². The first-order chi connectivity index (χ1) is 13.2. The summed E-state index contributed by atoms with van der Waals surface area (Å²) in [5.41, 5.74) is 1.83. The van der Waals surface area contributed by atoms with Crippen LogP contribution in [0, 0.1) is 5.92 Å². The van der Waals surface area contributed by atoms with Crippen LogP contribution < -0.4 is 5.32 Å². The van der Waals surface area contributed by atoms with Gasteiger partial charge in [-0.1, -0.05) is 31.7 Å². The number of fused-ring (bicyclic) bond motifs is 1. The molecule has 0 saturated heterocycles. The molecule has 0 unspecified atom stereocenters. The molecule has 1 aromatic rings. The van der Waals surface area contributed by atoms with Crippen LogP contribution in [0.3, 0.4) is 0 Å². The van der Waals surface area contributed by atoms with Gasteiger partial charge >= 0.3 is 0 Å². The highest BCUT2D eigenvalue weighted by atomic mass is 16.3. The normalized spacial score (nSPS) is 18.3. The lowest BCUT2D eigenvalue weighted by atomic mass is 9.92. The van der Waals surface area contributed by atoms with Crippen molar-refractivity contribution in [2.24, 2.45) is 5.92 Å². The van der Waals surface area contributed by atoms with Crippen molar-refractivity contribution in [3.8, 4) is 0 Å². The van der Waals surface area contributed by atoms with Gasteiger partial charge in [0, 0.05) is 24.2 Å². The molecule has 0 spiro atoms. The second kappa shape index (κ2) is 9.33. The van der Waals surface area contributed by atoms with Crippen molar-refractivity contribution in [2.75, 3.05) is 26.3 Å². The van der Waals surface area contributed by atoms with Crippen LogP contribution in [0.1, 0.15) is 64.8 Å². The van der Waals surface area contributed by atoms with E-state index in [9.17, 15) is 19.8 Å². The summed E-state index contributed by atoms with van der Waals surface area (Å²) in [4.78, 5) is 27.0. The van der Waals surface area contributed by atoms with Crippen LogP contribution in [0.5, 0.6) is 0 Å². The van der Waals surface area contributed by atoms with Crippen molar-refractivity contribution in [3.63, 3.8) is 0 Å². The van der Waals surface area contributed by atoms with Gasteiger partial charge in [0.05, 0.1) is 19.3 Å². The predicted octanol–water partition coefficient (Wildman–Crippen LogP) is 1.74. The number of carbonyl (C=O) groups is 2. The largest absolute Gasteiger partial charge is 0.394 e. The minimum atomic E-state index is -0.599. The van der Waals surface area contributed by atoms with E-state index in [1.807, 2.05) is 0 Å². The van der Waals surface area contributed by atoms with Gasteiger partial charge in [-0.15, -0.1) is 0 Å². The van der Waals surface area contributed by atoms with Gasteiger partial charge in [0.1, 0.15) is 0 Å². The lowest BCUT2D eigenvalue weighted by Gasteiger charge is -2.34. The number of aliphatic hydroxyl groups is 2. The first-order valence-corrected chi connectivity index (χ1v) is 10.1. The Kier molecular flexibility index (Phi) is 6.85. The summed E-state index contributed by atoms with van der Waals surface area (Å²) in [5, 5.41) is 21.8. The average Bonchev–Trinajstić information content (AvgIpc) is 2.97. The molecule has 1 aliphatic carbocycles. The maximum atomic E-state index is 12.8. The van der Waals surface area contributed by atoms with Crippen molar-refractivity contribution >= 4 is 11.8 Å². The Morgan fingerprint density at radius 3 is 2.52 bits per heavy atom. The Balaban J connectivity index is 1.71. The topological polar surface area (TPSA) is 89.9 Å². The Hall–Kier alpha value is -1.92. The number of nitrogens with one attached hydrogen (secondary N) is 1. The van der Waals surface area contributed by atoms with Gasteiger partial charge < -0.3 is 20.4 Å². The van der Waals surface area contributed by atoms with E-state index < -0.39 is 6.04 Å². The van der Waals surface area contributed by atoms with Crippen LogP contribution in [0.4, 0.5) is 0 Å². The number of amides is 2. The van der Waals surface area contributed by atoms with Gasteiger partial charge in [0.15, 0.2) is 0 Å². The van der Waals surface area contributed by atoms with E-state index in [1.54, 1.807) is 18.2 Å². The first kappa shape index (κ1) is 19.8. The Morgan fingerprint density at radius 2 is 1.85 bits per heavy atom. The standard InChI is InChI=1S/C21H30N2O4/c24-13-16(14-25)23-11-10-17-18(8-5-9-19(17)21(23)27)20(26)22-12-15-6-3-1-2-4-7-15/h5,8-9,15-16,24-25H,1-4,6-7,10-14H2,(H,22,26). The molecule has 3 rings (SSSR count). The van der Waals surface area contributed by atoms with Crippen molar-refractivity contribution < 1.29 is 19.8 Å². The molecule has 1 heterocycles. The molecule has 27 heavy (non-hydrogen) atoms. The fourth-order valence-corrected chi connectivity index (χ4v) is 4.26. The lowest BCUT2D eigenvalue weighted by Crippen LogP contribution is -2.48. The maximum Gasteiger partial charge on any atom is 0.254 e. The van der Waals surface area contributed by atoms with Crippen molar-refractivity contribution in [1.82, 2.24) is 10.2 Å². The molecule has 6 heteroatoms. The van der Waals surface area contributed by atoms with E-state index in [2.05, 4.69) is 5.32 Å². The molecule has 1 aliphatic heterocycles. The Morgan fingerprint density at radius 1 is 1.15 bits per heavy atom. The summed E-state index contributed by atoms with van der Waals surface area (Å²) >= 11 is 0. The molecule has 1 fully saturated rings. The molecule has 2 amide bonds. The highest BCUT2D eigenvalue weighted by molar-refractivity contribution is 6.03. The van der Waals surface area contributed by atoms with E-state index in [0.717, 1.165) is 5.56 Å². The quantitative estimate of drug-likeness (QED) is 0.662. The Labute approximate surface area is 160 Å². The lowest BCUT2D eigenvalue weighted by molar-refractivity contribution is 0.0442. The van der Waals surface area contributed by atoms with Crippen LogP contribution in [0.25, 0.3) is 0 Å². The molecule has 2 aliphatic rings. The van der Waals surface area contributed by atoms with E-state index in [-0.39, 0.29) is 25.0 Å². The van der Waals surface area contributed by atoms with Crippen molar-refractivity contribution in [3.05, 3.63) is 34.9 Å². The summed E-state index contributed by atoms with van der Waals surface area (Å²) in [5.74, 6) is 0.198. The second-order valence-corrected chi connectivity index (χ2v) is 7.67. The van der Waals surface area contributed by atoms with Crippen LogP contribution in [0.15, 0.2) is 18.2 Å². The number of rotatable bonds is 6. The third kappa shape index (κ3) is 4.50. The highest BCUT2D eigenvalue weighted by Crippen LogP contribution is 2.25. The molecule has 3 N–H and O–H groups in total. The second-order valence-electron chi connectivity index (χ2n) is 7.67. The molecule has 6 nitrogen and oxygen atoms in total. The zero-order valence-electron chi connectivity index (χ0n) is 15.8. The summed E-state index contributed by atoms with van der Waals surface area (Å²) in [6.07, 6.45) is 7.94. The third-order valence-corrected chi connectivity index (χ3v) is 5.90. The fraction of sp³-hybridized carbons (Fsp3) is 0.619. The fourth-order valence-electron chi connectivity index (χ4n) is 4.26. The minimum absolute atomic E-state index is 0.113. The maximum absolute atomic E-state index is 12.8. The van der Waals surface area contributed by atoms with Gasteiger partial charge in [-0.2, -0.15) is 0 Å². The van der Waals surface area contributed by atoms with E-state index >= 15 is 0 Å².